The molecule has 2 saturated heterocycles. The van der Waals surface area contributed by atoms with Crippen molar-refractivity contribution >= 4 is 5.91 Å². The molecule has 0 bridgehead atoms. The number of allylic oxidation sites excluding steroid dienone is 2. The average Bonchev–Trinajstić information content (AvgIpc) is 2.93. The number of hydrogen-bond acceptors (Lipinski definition) is 3. The van der Waals surface area contributed by atoms with Gasteiger partial charge >= 0.3 is 0 Å². The minimum absolute atomic E-state index is 0.162. The Kier molecular flexibility index (Phi) is 2.94. The second-order valence-electron chi connectivity index (χ2n) is 6.19. The van der Waals surface area contributed by atoms with Gasteiger partial charge in [-0.2, -0.15) is 0 Å². The smallest absolute Gasteiger partial charge is 0.226 e. The monoisotopic (exact) mass is 250 g/mol. The number of carbonyl (C=O) groups excluding carboxylic acids is 1. The number of aliphatic hydroxyl groups is 1. The molecule has 100 valence electrons. The van der Waals surface area contributed by atoms with Crippen molar-refractivity contribution < 1.29 is 9.90 Å². The zero-order valence-corrected chi connectivity index (χ0v) is 11.0. The van der Waals surface area contributed by atoms with Gasteiger partial charge in [0.25, 0.3) is 0 Å². The third-order valence-corrected chi connectivity index (χ3v) is 4.91. The molecule has 1 aliphatic carbocycles. The fourth-order valence-electron chi connectivity index (χ4n) is 3.73. The van der Waals surface area contributed by atoms with Crippen molar-refractivity contribution in [3.8, 4) is 0 Å². The molecule has 18 heavy (non-hydrogen) atoms. The number of rotatable bonds is 2. The Bertz CT molecular complexity index is 366. The topological polar surface area (TPSA) is 43.8 Å². The third kappa shape index (κ3) is 1.79. The fraction of sp³-hybridized carbons (Fsp3) is 0.786. The molecule has 3 rings (SSSR count). The maximum absolute atomic E-state index is 12.2. The number of likely N-dealkylation sites (N-methyl/N-ethyl adjacent to an activating group) is 1. The summed E-state index contributed by atoms with van der Waals surface area (Å²) in [4.78, 5) is 16.6. The van der Waals surface area contributed by atoms with Crippen molar-refractivity contribution in [3.63, 3.8) is 0 Å². The third-order valence-electron chi connectivity index (χ3n) is 4.91. The predicted octanol–water partition coefficient (Wildman–Crippen LogP) is 0.478. The van der Waals surface area contributed by atoms with Gasteiger partial charge < -0.3 is 10.0 Å². The van der Waals surface area contributed by atoms with E-state index in [4.69, 9.17) is 0 Å². The first kappa shape index (κ1) is 12.2. The van der Waals surface area contributed by atoms with Crippen molar-refractivity contribution in [1.29, 1.82) is 0 Å². The molecule has 1 N–H and O–H groups in total. The lowest BCUT2D eigenvalue weighted by Crippen LogP contribution is -2.68. The number of aliphatic hydroxyl groups excluding tert-OH is 1. The maximum Gasteiger partial charge on any atom is 0.226 e. The molecule has 2 heterocycles. The number of nitrogens with zero attached hydrogens (tertiary/aromatic N) is 2. The summed E-state index contributed by atoms with van der Waals surface area (Å²) in [7, 11) is 2.12. The summed E-state index contributed by atoms with van der Waals surface area (Å²) in [6.07, 6.45) is 7.09. The van der Waals surface area contributed by atoms with E-state index in [1.807, 2.05) is 4.90 Å². The highest BCUT2D eigenvalue weighted by molar-refractivity contribution is 5.81. The number of hydrogen-bond donors (Lipinski definition) is 1. The van der Waals surface area contributed by atoms with Crippen LogP contribution in [-0.4, -0.2) is 59.6 Å². The van der Waals surface area contributed by atoms with Crippen LogP contribution in [0.2, 0.25) is 0 Å². The molecular weight excluding hydrogens is 228 g/mol. The highest BCUT2D eigenvalue weighted by Crippen LogP contribution is 2.40. The number of likely N-dealkylation sites (tertiary alicyclic amines) is 2. The molecule has 0 radical (unpaired) electrons. The highest BCUT2D eigenvalue weighted by Gasteiger charge is 2.53. The summed E-state index contributed by atoms with van der Waals surface area (Å²) >= 11 is 0. The van der Waals surface area contributed by atoms with Crippen molar-refractivity contribution in [2.45, 2.75) is 24.8 Å². The van der Waals surface area contributed by atoms with Gasteiger partial charge in [-0.3, -0.25) is 9.69 Å². The van der Waals surface area contributed by atoms with Crippen molar-refractivity contribution in [1.82, 2.24) is 9.80 Å². The molecule has 0 aromatic rings. The van der Waals surface area contributed by atoms with E-state index >= 15 is 0 Å². The molecule has 0 aromatic heterocycles. The Morgan fingerprint density at radius 2 is 2.06 bits per heavy atom. The van der Waals surface area contributed by atoms with Crippen molar-refractivity contribution in [2.24, 2.45) is 11.8 Å². The van der Waals surface area contributed by atoms with Crippen molar-refractivity contribution in [2.75, 3.05) is 33.3 Å². The molecule has 0 unspecified atom stereocenters. The van der Waals surface area contributed by atoms with Crippen LogP contribution >= 0.6 is 0 Å². The Balaban J connectivity index is 1.57. The van der Waals surface area contributed by atoms with Gasteiger partial charge in [-0.15, -0.1) is 0 Å². The van der Waals surface area contributed by atoms with Crippen LogP contribution in [-0.2, 0) is 4.79 Å². The van der Waals surface area contributed by atoms with E-state index in [0.717, 1.165) is 38.9 Å². The molecular formula is C14H22N2O2. The van der Waals surface area contributed by atoms with E-state index in [0.29, 0.717) is 11.8 Å². The van der Waals surface area contributed by atoms with Gasteiger partial charge in [-0.05, 0) is 32.2 Å². The van der Waals surface area contributed by atoms with Crippen LogP contribution < -0.4 is 0 Å². The van der Waals surface area contributed by atoms with E-state index in [1.54, 1.807) is 0 Å². The fourth-order valence-corrected chi connectivity index (χ4v) is 3.73. The standard InChI is InChI=1S/C14H22N2O2/c1-15-7-11(8-17)6-14(15)9-16(10-14)13(18)12-4-2-3-5-12/h2-3,11-12,17H,4-10H2,1H3/t11-/m0/s1. The van der Waals surface area contributed by atoms with Gasteiger partial charge in [-0.25, -0.2) is 0 Å². The molecule has 2 fully saturated rings. The Morgan fingerprint density at radius 1 is 1.39 bits per heavy atom. The minimum atomic E-state index is 0.162. The predicted molar refractivity (Wildman–Crippen MR) is 69.0 cm³/mol. The van der Waals surface area contributed by atoms with Gasteiger partial charge in [0.15, 0.2) is 0 Å². The maximum atomic E-state index is 12.2. The summed E-state index contributed by atoms with van der Waals surface area (Å²) < 4.78 is 0. The van der Waals surface area contributed by atoms with Crippen LogP contribution in [0.5, 0.6) is 0 Å². The zero-order valence-electron chi connectivity index (χ0n) is 11.0. The summed E-state index contributed by atoms with van der Waals surface area (Å²) in [5, 5.41) is 9.27. The quantitative estimate of drug-likeness (QED) is 0.725. The molecule has 1 spiro atoms. The van der Waals surface area contributed by atoms with Crippen LogP contribution in [0.4, 0.5) is 0 Å². The molecule has 4 heteroatoms. The second-order valence-corrected chi connectivity index (χ2v) is 6.19. The largest absolute Gasteiger partial charge is 0.396 e. The summed E-state index contributed by atoms with van der Waals surface area (Å²) in [6, 6.07) is 0. The molecule has 4 nitrogen and oxygen atoms in total. The van der Waals surface area contributed by atoms with E-state index in [9.17, 15) is 9.90 Å². The van der Waals surface area contributed by atoms with Crippen LogP contribution in [0, 0.1) is 11.8 Å². The Hall–Kier alpha value is -0.870. The highest BCUT2D eigenvalue weighted by atomic mass is 16.3. The first-order chi connectivity index (χ1) is 8.64. The van der Waals surface area contributed by atoms with Crippen molar-refractivity contribution in [3.05, 3.63) is 12.2 Å². The first-order valence-electron chi connectivity index (χ1n) is 6.90. The summed E-state index contributed by atoms with van der Waals surface area (Å²) in [5.74, 6) is 0.912. The van der Waals surface area contributed by atoms with Gasteiger partial charge in [0, 0.05) is 32.2 Å². The van der Waals surface area contributed by atoms with Gasteiger partial charge in [-0.1, -0.05) is 12.2 Å². The van der Waals surface area contributed by atoms with E-state index < -0.39 is 0 Å². The van der Waals surface area contributed by atoms with Gasteiger partial charge in [0.2, 0.25) is 5.91 Å². The van der Waals surface area contributed by atoms with E-state index in [-0.39, 0.29) is 18.1 Å². The molecule has 3 aliphatic rings. The van der Waals surface area contributed by atoms with E-state index in [2.05, 4.69) is 24.1 Å². The van der Waals surface area contributed by atoms with Crippen LogP contribution in [0.1, 0.15) is 19.3 Å². The van der Waals surface area contributed by atoms with Gasteiger partial charge in [0.1, 0.15) is 0 Å². The Labute approximate surface area is 108 Å². The summed E-state index contributed by atoms with van der Waals surface area (Å²) in [5.41, 5.74) is 0.162. The lowest BCUT2D eigenvalue weighted by atomic mass is 9.83. The van der Waals surface area contributed by atoms with Gasteiger partial charge in [0.05, 0.1) is 5.54 Å². The minimum Gasteiger partial charge on any atom is -0.396 e. The molecule has 2 aliphatic heterocycles. The van der Waals surface area contributed by atoms with E-state index in [1.165, 1.54) is 0 Å². The number of amides is 1. The average molecular weight is 250 g/mol. The van der Waals surface area contributed by atoms with Crippen LogP contribution in [0.25, 0.3) is 0 Å². The normalized spacial score (nSPS) is 31.2. The lowest BCUT2D eigenvalue weighted by Gasteiger charge is -2.52. The summed E-state index contributed by atoms with van der Waals surface area (Å²) in [6.45, 7) is 2.95. The first-order valence-corrected chi connectivity index (χ1v) is 6.90. The number of carbonyl (C=O) groups is 1. The molecule has 1 amide bonds. The lowest BCUT2D eigenvalue weighted by molar-refractivity contribution is -0.147. The molecule has 0 aromatic carbocycles. The SMILES string of the molecule is CN1C[C@@H](CO)CC12CN(C(=O)C1CC=CC1)C2. The molecule has 0 saturated carbocycles. The van der Waals surface area contributed by atoms with Crippen LogP contribution in [0.3, 0.4) is 0 Å². The molecule has 1 atom stereocenters. The zero-order chi connectivity index (χ0) is 12.8. The Morgan fingerprint density at radius 3 is 2.61 bits per heavy atom. The van der Waals surface area contributed by atoms with Crippen LogP contribution in [0.15, 0.2) is 12.2 Å². The second kappa shape index (κ2) is 4.35.